The fourth-order valence-electron chi connectivity index (χ4n) is 0.895. The number of hydrogen-bond donors (Lipinski definition) is 0. The summed E-state index contributed by atoms with van der Waals surface area (Å²) in [5.74, 6) is -0.484. The topological polar surface area (TPSA) is 46.5 Å². The van der Waals surface area contributed by atoms with Gasteiger partial charge in [0.05, 0.1) is 6.42 Å². The van der Waals surface area contributed by atoms with Crippen molar-refractivity contribution in [3.63, 3.8) is 0 Å². The molecule has 0 radical (unpaired) electrons. The number of isocyanates is 1. The number of benzene rings is 1. The highest BCUT2D eigenvalue weighted by molar-refractivity contribution is 9.10. The molecule has 0 N–H and O–H groups in total. The quantitative estimate of drug-likeness (QED) is 0.585. The predicted molar refractivity (Wildman–Crippen MR) is 51.0 cm³/mol. The van der Waals surface area contributed by atoms with Crippen LogP contribution in [0.5, 0.6) is 0 Å². The average Bonchev–Trinajstić information content (AvgIpc) is 2.09. The van der Waals surface area contributed by atoms with E-state index in [2.05, 4.69) is 20.9 Å². The number of aliphatic imine (C=N–C) groups is 1. The molecule has 0 aromatic heterocycles. The summed E-state index contributed by atoms with van der Waals surface area (Å²) in [7, 11) is 0. The first-order chi connectivity index (χ1) is 6.24. The second-order valence-electron chi connectivity index (χ2n) is 2.37. The number of amides is 1. The summed E-state index contributed by atoms with van der Waals surface area (Å²) in [6.45, 7) is 0. The molecule has 1 aromatic carbocycles. The molecule has 0 spiro atoms. The van der Waals surface area contributed by atoms with Crippen LogP contribution in [0.4, 0.5) is 0 Å². The molecule has 4 heteroatoms. The number of hydrogen-bond acceptors (Lipinski definition) is 2. The van der Waals surface area contributed by atoms with Crippen molar-refractivity contribution in [1.82, 2.24) is 0 Å². The minimum Gasteiger partial charge on any atom is -0.271 e. The Morgan fingerprint density at radius 1 is 1.46 bits per heavy atom. The highest BCUT2D eigenvalue weighted by Crippen LogP contribution is 2.16. The number of carbonyl (C=O) groups is 1. The number of nitrogens with zero attached hydrogens (tertiary/aromatic N) is 1. The van der Waals surface area contributed by atoms with Gasteiger partial charge in [-0.25, -0.2) is 4.79 Å². The van der Waals surface area contributed by atoms with Crippen LogP contribution in [0.3, 0.4) is 0 Å². The van der Waals surface area contributed by atoms with Crippen molar-refractivity contribution in [1.29, 1.82) is 0 Å². The van der Waals surface area contributed by atoms with E-state index in [9.17, 15) is 9.59 Å². The van der Waals surface area contributed by atoms with Crippen LogP contribution in [-0.4, -0.2) is 12.0 Å². The van der Waals surface area contributed by atoms with Crippen LogP contribution in [0.15, 0.2) is 33.7 Å². The van der Waals surface area contributed by atoms with Gasteiger partial charge in [-0.1, -0.05) is 34.1 Å². The zero-order valence-electron chi connectivity index (χ0n) is 6.66. The van der Waals surface area contributed by atoms with Crippen LogP contribution in [0.1, 0.15) is 5.56 Å². The molecule has 1 amide bonds. The maximum absolute atomic E-state index is 10.9. The molecule has 0 aliphatic carbocycles. The van der Waals surface area contributed by atoms with Crippen LogP contribution in [0, 0.1) is 0 Å². The molecule has 0 atom stereocenters. The Balaban J connectivity index is 2.80. The van der Waals surface area contributed by atoms with E-state index >= 15 is 0 Å². The van der Waals surface area contributed by atoms with Gasteiger partial charge in [0.15, 0.2) is 0 Å². The summed E-state index contributed by atoms with van der Waals surface area (Å²) in [6, 6.07) is 7.29. The van der Waals surface area contributed by atoms with Crippen molar-refractivity contribution in [3.8, 4) is 0 Å². The van der Waals surface area contributed by atoms with Crippen LogP contribution >= 0.6 is 15.9 Å². The van der Waals surface area contributed by atoms with Gasteiger partial charge in [0, 0.05) is 4.47 Å². The molecule has 66 valence electrons. The minimum absolute atomic E-state index is 0.122. The lowest BCUT2D eigenvalue weighted by Gasteiger charge is -1.98. The summed E-state index contributed by atoms with van der Waals surface area (Å²) < 4.78 is 0.837. The largest absolute Gasteiger partial charge is 0.271 e. The summed E-state index contributed by atoms with van der Waals surface area (Å²) in [6.07, 6.45) is 1.34. The summed E-state index contributed by atoms with van der Waals surface area (Å²) in [5, 5.41) is 0. The second kappa shape index (κ2) is 4.70. The Labute approximate surface area is 83.6 Å². The Morgan fingerprint density at radius 3 is 2.77 bits per heavy atom. The number of halogens is 1. The molecule has 0 fully saturated rings. The van der Waals surface area contributed by atoms with E-state index < -0.39 is 5.91 Å². The van der Waals surface area contributed by atoms with E-state index in [1.54, 1.807) is 6.07 Å². The lowest BCUT2D eigenvalue weighted by Crippen LogP contribution is -1.98. The van der Waals surface area contributed by atoms with Gasteiger partial charge in [-0.2, -0.15) is 0 Å². The SMILES string of the molecule is O=C=NC(=O)Cc1ccccc1Br. The smallest absolute Gasteiger partial charge is 0.260 e. The normalized spacial score (nSPS) is 9.00. The van der Waals surface area contributed by atoms with Crippen molar-refractivity contribution < 1.29 is 9.59 Å². The summed E-state index contributed by atoms with van der Waals surface area (Å²) in [4.78, 5) is 23.7. The first kappa shape index (κ1) is 9.84. The number of rotatable bonds is 2. The monoisotopic (exact) mass is 239 g/mol. The Hall–Kier alpha value is -1.25. The molecule has 3 nitrogen and oxygen atoms in total. The minimum atomic E-state index is -0.484. The van der Waals surface area contributed by atoms with Crippen LogP contribution in [0.25, 0.3) is 0 Å². The van der Waals surface area contributed by atoms with Gasteiger partial charge in [-0.15, -0.1) is 4.99 Å². The van der Waals surface area contributed by atoms with Gasteiger partial charge in [-0.3, -0.25) is 4.79 Å². The zero-order chi connectivity index (χ0) is 9.68. The third-order valence-electron chi connectivity index (χ3n) is 1.47. The maximum atomic E-state index is 10.9. The van der Waals surface area contributed by atoms with E-state index in [1.165, 1.54) is 6.08 Å². The molecule has 0 saturated carbocycles. The summed E-state index contributed by atoms with van der Waals surface area (Å²) in [5.41, 5.74) is 0.812. The molecule has 0 bridgehead atoms. The van der Waals surface area contributed by atoms with Crippen LogP contribution < -0.4 is 0 Å². The molecule has 0 aliphatic heterocycles. The van der Waals surface area contributed by atoms with E-state index in [0.29, 0.717) is 0 Å². The molecule has 1 aromatic rings. The lowest BCUT2D eigenvalue weighted by atomic mass is 10.1. The van der Waals surface area contributed by atoms with Crippen molar-refractivity contribution in [3.05, 3.63) is 34.3 Å². The van der Waals surface area contributed by atoms with E-state index in [-0.39, 0.29) is 6.42 Å². The standard InChI is InChI=1S/C9H6BrNO2/c10-8-4-2-1-3-7(8)5-9(13)11-6-12/h1-4H,5H2. The predicted octanol–water partition coefficient (Wildman–Crippen LogP) is 1.85. The third-order valence-corrected chi connectivity index (χ3v) is 2.24. The molecule has 13 heavy (non-hydrogen) atoms. The highest BCUT2D eigenvalue weighted by Gasteiger charge is 2.04. The first-order valence-electron chi connectivity index (χ1n) is 3.58. The van der Waals surface area contributed by atoms with Gasteiger partial charge in [0.1, 0.15) is 0 Å². The van der Waals surface area contributed by atoms with E-state index in [4.69, 9.17) is 0 Å². The zero-order valence-corrected chi connectivity index (χ0v) is 8.24. The van der Waals surface area contributed by atoms with Crippen molar-refractivity contribution in [2.24, 2.45) is 4.99 Å². The highest BCUT2D eigenvalue weighted by atomic mass is 79.9. The van der Waals surface area contributed by atoms with Crippen LogP contribution in [-0.2, 0) is 16.0 Å². The molecular weight excluding hydrogens is 234 g/mol. The lowest BCUT2D eigenvalue weighted by molar-refractivity contribution is -0.117. The fourth-order valence-corrected chi connectivity index (χ4v) is 1.32. The first-order valence-corrected chi connectivity index (χ1v) is 4.37. The summed E-state index contributed by atoms with van der Waals surface area (Å²) >= 11 is 3.28. The van der Waals surface area contributed by atoms with Gasteiger partial charge < -0.3 is 0 Å². The fraction of sp³-hybridized carbons (Fsp3) is 0.111. The Bertz CT molecular complexity index is 370. The second-order valence-corrected chi connectivity index (χ2v) is 3.22. The molecular formula is C9H6BrNO2. The Morgan fingerprint density at radius 2 is 2.15 bits per heavy atom. The van der Waals surface area contributed by atoms with Crippen molar-refractivity contribution in [2.75, 3.05) is 0 Å². The van der Waals surface area contributed by atoms with Gasteiger partial charge >= 0.3 is 0 Å². The third kappa shape index (κ3) is 2.93. The van der Waals surface area contributed by atoms with Crippen LogP contribution in [0.2, 0.25) is 0 Å². The van der Waals surface area contributed by atoms with Gasteiger partial charge in [0.25, 0.3) is 5.91 Å². The average molecular weight is 240 g/mol. The van der Waals surface area contributed by atoms with Gasteiger partial charge in [-0.05, 0) is 11.6 Å². The Kier molecular flexibility index (Phi) is 3.55. The number of carbonyl (C=O) groups excluding carboxylic acids is 2. The maximum Gasteiger partial charge on any atom is 0.260 e. The molecule has 0 heterocycles. The molecule has 0 aliphatic rings. The van der Waals surface area contributed by atoms with Crippen molar-refractivity contribution in [2.45, 2.75) is 6.42 Å². The van der Waals surface area contributed by atoms with Crippen molar-refractivity contribution >= 4 is 27.9 Å². The molecule has 1 rings (SSSR count). The van der Waals surface area contributed by atoms with Gasteiger partial charge in [0.2, 0.25) is 6.08 Å². The molecule has 0 saturated heterocycles. The van der Waals surface area contributed by atoms with E-state index in [1.807, 2.05) is 18.2 Å². The van der Waals surface area contributed by atoms with E-state index in [0.717, 1.165) is 10.0 Å². The molecule has 0 unspecified atom stereocenters.